The highest BCUT2D eigenvalue weighted by atomic mass is 19.1. The van der Waals surface area contributed by atoms with Gasteiger partial charge < -0.3 is 9.42 Å². The number of amides is 1. The molecule has 4 rings (SSSR count). The van der Waals surface area contributed by atoms with Crippen molar-refractivity contribution in [1.29, 1.82) is 0 Å². The number of hydrogen-bond acceptors (Lipinski definition) is 5. The molecule has 0 radical (unpaired) electrons. The van der Waals surface area contributed by atoms with Gasteiger partial charge in [-0.2, -0.15) is 5.10 Å². The van der Waals surface area contributed by atoms with Gasteiger partial charge in [0.2, 0.25) is 5.43 Å². The molecule has 1 atom stereocenters. The molecule has 0 unspecified atom stereocenters. The number of hydrogen-bond donors (Lipinski definition) is 0. The third-order valence-corrected chi connectivity index (χ3v) is 4.57. The smallest absolute Gasteiger partial charge is 0.279 e. The van der Waals surface area contributed by atoms with Crippen LogP contribution in [0, 0.1) is 12.7 Å². The van der Waals surface area contributed by atoms with E-state index < -0.39 is 17.2 Å². The van der Waals surface area contributed by atoms with Crippen molar-refractivity contribution in [1.82, 2.24) is 19.8 Å². The fraction of sp³-hybridized carbons (Fsp3) is 0.263. The molecule has 1 fully saturated rings. The van der Waals surface area contributed by atoms with E-state index in [2.05, 4.69) is 10.3 Å². The first-order valence-corrected chi connectivity index (χ1v) is 8.63. The number of benzene rings is 1. The van der Waals surface area contributed by atoms with Crippen molar-refractivity contribution in [2.75, 3.05) is 6.54 Å². The lowest BCUT2D eigenvalue weighted by Crippen LogP contribution is -2.35. The largest absolute Gasteiger partial charge is 0.359 e. The topological polar surface area (TPSA) is 81.2 Å². The molecule has 7 nitrogen and oxygen atoms in total. The molecule has 3 heterocycles. The van der Waals surface area contributed by atoms with Crippen LogP contribution in [-0.4, -0.2) is 32.3 Å². The van der Waals surface area contributed by atoms with E-state index in [4.69, 9.17) is 4.52 Å². The first-order chi connectivity index (χ1) is 13.0. The molecule has 2 aromatic heterocycles. The van der Waals surface area contributed by atoms with Crippen molar-refractivity contribution >= 4 is 5.91 Å². The van der Waals surface area contributed by atoms with Crippen LogP contribution >= 0.6 is 0 Å². The Bertz CT molecular complexity index is 1060. The summed E-state index contributed by atoms with van der Waals surface area (Å²) in [5.74, 6) is -0.303. The van der Waals surface area contributed by atoms with E-state index in [0.717, 1.165) is 18.5 Å². The Morgan fingerprint density at radius 3 is 2.89 bits per heavy atom. The quantitative estimate of drug-likeness (QED) is 0.710. The van der Waals surface area contributed by atoms with Gasteiger partial charge in [-0.15, -0.1) is 0 Å². The van der Waals surface area contributed by atoms with Crippen molar-refractivity contribution in [2.45, 2.75) is 25.8 Å². The molecule has 1 amide bonds. The number of aromatic nitrogens is 3. The van der Waals surface area contributed by atoms with Gasteiger partial charge in [0, 0.05) is 24.9 Å². The van der Waals surface area contributed by atoms with Crippen LogP contribution in [0.5, 0.6) is 0 Å². The maximum absolute atomic E-state index is 13.5. The van der Waals surface area contributed by atoms with Crippen LogP contribution in [0.3, 0.4) is 0 Å². The number of carbonyl (C=O) groups excluding carboxylic acids is 1. The molecule has 138 valence electrons. The molecule has 0 spiro atoms. The lowest BCUT2D eigenvalue weighted by Gasteiger charge is -2.22. The first kappa shape index (κ1) is 17.1. The Kier molecular flexibility index (Phi) is 4.31. The molecule has 0 bridgehead atoms. The zero-order chi connectivity index (χ0) is 19.0. The summed E-state index contributed by atoms with van der Waals surface area (Å²) in [6, 6.07) is 8.55. The maximum atomic E-state index is 13.5. The number of likely N-dealkylation sites (tertiary alicyclic amines) is 1. The summed E-state index contributed by atoms with van der Waals surface area (Å²) in [4.78, 5) is 26.9. The van der Waals surface area contributed by atoms with Crippen molar-refractivity contribution in [3.05, 3.63) is 75.8 Å². The molecule has 1 saturated heterocycles. The summed E-state index contributed by atoms with van der Waals surface area (Å²) in [7, 11) is 0. The Morgan fingerprint density at radius 2 is 2.15 bits per heavy atom. The van der Waals surface area contributed by atoms with Gasteiger partial charge in [0.15, 0.2) is 11.5 Å². The summed E-state index contributed by atoms with van der Waals surface area (Å²) in [5, 5.41) is 8.04. The van der Waals surface area contributed by atoms with E-state index in [1.54, 1.807) is 17.0 Å². The monoisotopic (exact) mass is 368 g/mol. The molecule has 1 aliphatic heterocycles. The molecule has 1 aromatic carbocycles. The number of halogens is 1. The predicted octanol–water partition coefficient (Wildman–Crippen LogP) is 2.65. The predicted molar refractivity (Wildman–Crippen MR) is 94.0 cm³/mol. The molecule has 27 heavy (non-hydrogen) atoms. The zero-order valence-electron chi connectivity index (χ0n) is 14.6. The van der Waals surface area contributed by atoms with Crippen molar-refractivity contribution in [3.63, 3.8) is 0 Å². The lowest BCUT2D eigenvalue weighted by atomic mass is 10.1. The second kappa shape index (κ2) is 6.79. The van der Waals surface area contributed by atoms with Gasteiger partial charge in [0.1, 0.15) is 5.82 Å². The summed E-state index contributed by atoms with van der Waals surface area (Å²) in [6.45, 7) is 2.31. The summed E-state index contributed by atoms with van der Waals surface area (Å²) in [6.07, 6.45) is 2.93. The van der Waals surface area contributed by atoms with Gasteiger partial charge in [-0.05, 0) is 38.0 Å². The van der Waals surface area contributed by atoms with E-state index in [9.17, 15) is 14.0 Å². The third kappa shape index (κ3) is 3.25. The molecule has 0 N–H and O–H groups in total. The van der Waals surface area contributed by atoms with E-state index in [0.29, 0.717) is 18.0 Å². The fourth-order valence-corrected chi connectivity index (χ4v) is 3.30. The van der Waals surface area contributed by atoms with Gasteiger partial charge in [0.05, 0.1) is 17.4 Å². The van der Waals surface area contributed by atoms with Crippen LogP contribution in [0.1, 0.15) is 40.8 Å². The average Bonchev–Trinajstić information content (AvgIpc) is 3.30. The first-order valence-electron chi connectivity index (χ1n) is 8.63. The molecule has 3 aromatic rings. The van der Waals surface area contributed by atoms with Crippen LogP contribution in [0.2, 0.25) is 0 Å². The normalized spacial score (nSPS) is 16.7. The fourth-order valence-electron chi connectivity index (χ4n) is 3.30. The van der Waals surface area contributed by atoms with Crippen molar-refractivity contribution in [2.24, 2.45) is 0 Å². The highest BCUT2D eigenvalue weighted by Crippen LogP contribution is 2.32. The van der Waals surface area contributed by atoms with E-state index in [1.807, 2.05) is 6.92 Å². The van der Waals surface area contributed by atoms with Crippen LogP contribution in [-0.2, 0) is 0 Å². The number of carbonyl (C=O) groups is 1. The Balaban J connectivity index is 1.69. The molecule has 0 aliphatic carbocycles. The van der Waals surface area contributed by atoms with Crippen LogP contribution in [0.25, 0.3) is 5.69 Å². The molecular formula is C19H17FN4O3. The standard InChI is InChI=1S/C19H17FN4O3/c1-12-10-17(27-22-12)15-6-3-8-23(15)19(26)18-16(25)7-9-24(21-18)14-5-2-4-13(20)11-14/h2,4-5,7,9-11,15H,3,6,8H2,1H3/t15-/m0/s1. The van der Waals surface area contributed by atoms with E-state index in [-0.39, 0.29) is 11.7 Å². The lowest BCUT2D eigenvalue weighted by molar-refractivity contribution is 0.0705. The molecule has 1 aliphatic rings. The minimum absolute atomic E-state index is 0.204. The molecule has 0 saturated carbocycles. The Labute approximate surface area is 154 Å². The Morgan fingerprint density at radius 1 is 1.30 bits per heavy atom. The summed E-state index contributed by atoms with van der Waals surface area (Å²) in [5.41, 5.74) is 0.473. The van der Waals surface area contributed by atoms with Gasteiger partial charge in [0.25, 0.3) is 5.91 Å². The minimum Gasteiger partial charge on any atom is -0.359 e. The van der Waals surface area contributed by atoms with E-state index >= 15 is 0 Å². The van der Waals surface area contributed by atoms with E-state index in [1.165, 1.54) is 35.1 Å². The van der Waals surface area contributed by atoms with Gasteiger partial charge in [-0.3, -0.25) is 9.59 Å². The van der Waals surface area contributed by atoms with Gasteiger partial charge in [-0.1, -0.05) is 11.2 Å². The zero-order valence-corrected chi connectivity index (χ0v) is 14.6. The Hall–Kier alpha value is -3.29. The average molecular weight is 368 g/mol. The number of aryl methyl sites for hydroxylation is 1. The van der Waals surface area contributed by atoms with Crippen LogP contribution in [0.15, 0.2) is 51.9 Å². The van der Waals surface area contributed by atoms with Crippen LogP contribution in [0.4, 0.5) is 4.39 Å². The van der Waals surface area contributed by atoms with Gasteiger partial charge >= 0.3 is 0 Å². The minimum atomic E-state index is -0.480. The highest BCUT2D eigenvalue weighted by molar-refractivity contribution is 5.92. The van der Waals surface area contributed by atoms with Crippen molar-refractivity contribution < 1.29 is 13.7 Å². The SMILES string of the molecule is Cc1cc([C@@H]2CCCN2C(=O)c2nn(-c3cccc(F)c3)ccc2=O)on1. The number of nitrogens with zero attached hydrogens (tertiary/aromatic N) is 4. The summed E-state index contributed by atoms with van der Waals surface area (Å²) < 4.78 is 20.1. The van der Waals surface area contributed by atoms with Crippen molar-refractivity contribution in [3.8, 4) is 5.69 Å². The second-order valence-corrected chi connectivity index (χ2v) is 6.48. The van der Waals surface area contributed by atoms with Crippen LogP contribution < -0.4 is 5.43 Å². The summed E-state index contributed by atoms with van der Waals surface area (Å²) >= 11 is 0. The highest BCUT2D eigenvalue weighted by Gasteiger charge is 2.34. The molecule has 8 heteroatoms. The van der Waals surface area contributed by atoms with Gasteiger partial charge in [-0.25, -0.2) is 9.07 Å². The second-order valence-electron chi connectivity index (χ2n) is 6.48. The maximum Gasteiger partial charge on any atom is 0.279 e. The number of rotatable bonds is 3. The third-order valence-electron chi connectivity index (χ3n) is 4.57. The molecular weight excluding hydrogens is 351 g/mol.